The Bertz CT molecular complexity index is 367. The van der Waals surface area contributed by atoms with Crippen molar-refractivity contribution >= 4 is 5.82 Å². The van der Waals surface area contributed by atoms with Crippen molar-refractivity contribution in [2.75, 3.05) is 25.0 Å². The summed E-state index contributed by atoms with van der Waals surface area (Å²) in [7, 11) is 0. The summed E-state index contributed by atoms with van der Waals surface area (Å²) < 4.78 is 0. The molecule has 1 saturated heterocycles. The van der Waals surface area contributed by atoms with Crippen molar-refractivity contribution in [2.24, 2.45) is 0 Å². The summed E-state index contributed by atoms with van der Waals surface area (Å²) in [5, 5.41) is 3.36. The Morgan fingerprint density at radius 3 is 3.06 bits per heavy atom. The van der Waals surface area contributed by atoms with E-state index in [1.54, 1.807) is 12.4 Å². The van der Waals surface area contributed by atoms with E-state index in [2.05, 4.69) is 27.1 Å². The predicted molar refractivity (Wildman–Crippen MR) is 74.8 cm³/mol. The Morgan fingerprint density at radius 2 is 2.28 bits per heavy atom. The minimum absolute atomic E-state index is 0.782. The first-order chi connectivity index (χ1) is 8.79. The number of nitrogens with zero attached hydrogens (tertiary/aromatic N) is 3. The van der Waals surface area contributed by atoms with Gasteiger partial charge in [-0.15, -0.1) is 0 Å². The van der Waals surface area contributed by atoms with Gasteiger partial charge in [-0.25, -0.2) is 4.98 Å². The molecule has 1 fully saturated rings. The number of hydrogen-bond acceptors (Lipinski definition) is 4. The Labute approximate surface area is 110 Å². The standard InChI is InChI=1S/C14H24N4/c1-3-13-6-4-5-8-18(13)9-7-16-14-11-15-10-12(2)17-14/h10-11,13H,3-9H2,1-2H3,(H,16,17). The van der Waals surface area contributed by atoms with Crippen LogP contribution >= 0.6 is 0 Å². The summed E-state index contributed by atoms with van der Waals surface area (Å²) in [6, 6.07) is 0.782. The van der Waals surface area contributed by atoms with Crippen molar-refractivity contribution in [3.05, 3.63) is 18.1 Å². The van der Waals surface area contributed by atoms with Gasteiger partial charge in [0.1, 0.15) is 5.82 Å². The van der Waals surface area contributed by atoms with Crippen LogP contribution in [0.1, 0.15) is 38.3 Å². The number of hydrogen-bond donors (Lipinski definition) is 1. The maximum atomic E-state index is 4.40. The lowest BCUT2D eigenvalue weighted by Gasteiger charge is -2.35. The highest BCUT2D eigenvalue weighted by Crippen LogP contribution is 2.18. The van der Waals surface area contributed by atoms with Gasteiger partial charge in [0.05, 0.1) is 11.9 Å². The zero-order chi connectivity index (χ0) is 12.8. The number of piperidine rings is 1. The molecule has 1 unspecified atom stereocenters. The first-order valence-corrected chi connectivity index (χ1v) is 7.06. The first-order valence-electron chi connectivity index (χ1n) is 7.06. The van der Waals surface area contributed by atoms with Crippen molar-refractivity contribution in [2.45, 2.75) is 45.6 Å². The molecule has 1 N–H and O–H groups in total. The molecule has 0 aromatic carbocycles. The van der Waals surface area contributed by atoms with Gasteiger partial charge in [0.25, 0.3) is 0 Å². The van der Waals surface area contributed by atoms with Crippen LogP contribution in [0.3, 0.4) is 0 Å². The fraction of sp³-hybridized carbons (Fsp3) is 0.714. The monoisotopic (exact) mass is 248 g/mol. The largest absolute Gasteiger partial charge is 0.368 e. The number of nitrogens with one attached hydrogen (secondary N) is 1. The summed E-state index contributed by atoms with van der Waals surface area (Å²) in [5.74, 6) is 0.889. The van der Waals surface area contributed by atoms with E-state index in [9.17, 15) is 0 Å². The molecule has 1 aliphatic heterocycles. The smallest absolute Gasteiger partial charge is 0.144 e. The van der Waals surface area contributed by atoms with E-state index in [1.807, 2.05) is 6.92 Å². The fourth-order valence-corrected chi connectivity index (χ4v) is 2.69. The van der Waals surface area contributed by atoms with Crippen LogP contribution in [0, 0.1) is 6.92 Å². The zero-order valence-corrected chi connectivity index (χ0v) is 11.5. The van der Waals surface area contributed by atoms with Crippen LogP contribution in [0.4, 0.5) is 5.82 Å². The topological polar surface area (TPSA) is 41.0 Å². The molecule has 4 heteroatoms. The molecular formula is C14H24N4. The maximum absolute atomic E-state index is 4.40. The number of anilines is 1. The lowest BCUT2D eigenvalue weighted by Crippen LogP contribution is -2.41. The Morgan fingerprint density at radius 1 is 1.39 bits per heavy atom. The second kappa shape index (κ2) is 6.69. The van der Waals surface area contributed by atoms with Crippen molar-refractivity contribution in [1.29, 1.82) is 0 Å². The van der Waals surface area contributed by atoms with Gasteiger partial charge in [0.2, 0.25) is 0 Å². The first kappa shape index (κ1) is 13.3. The lowest BCUT2D eigenvalue weighted by molar-refractivity contribution is 0.150. The number of aryl methyl sites for hydroxylation is 1. The molecule has 4 nitrogen and oxygen atoms in total. The van der Waals surface area contributed by atoms with Crippen LogP contribution in [0.25, 0.3) is 0 Å². The molecule has 0 bridgehead atoms. The van der Waals surface area contributed by atoms with Crippen molar-refractivity contribution in [3.8, 4) is 0 Å². The van der Waals surface area contributed by atoms with E-state index < -0.39 is 0 Å². The van der Waals surface area contributed by atoms with Crippen LogP contribution in [0.2, 0.25) is 0 Å². The molecule has 2 rings (SSSR count). The molecule has 0 radical (unpaired) electrons. The summed E-state index contributed by atoms with van der Waals surface area (Å²) in [4.78, 5) is 11.2. The molecule has 18 heavy (non-hydrogen) atoms. The lowest BCUT2D eigenvalue weighted by atomic mass is 10.0. The van der Waals surface area contributed by atoms with Gasteiger partial charge in [-0.1, -0.05) is 13.3 Å². The van der Waals surface area contributed by atoms with Gasteiger partial charge < -0.3 is 5.32 Å². The molecular weight excluding hydrogens is 224 g/mol. The van der Waals surface area contributed by atoms with Gasteiger partial charge in [0.15, 0.2) is 0 Å². The molecule has 0 aliphatic carbocycles. The van der Waals surface area contributed by atoms with Gasteiger partial charge in [-0.2, -0.15) is 0 Å². The van der Waals surface area contributed by atoms with Gasteiger partial charge in [-0.05, 0) is 32.7 Å². The van der Waals surface area contributed by atoms with Crippen molar-refractivity contribution in [1.82, 2.24) is 14.9 Å². The van der Waals surface area contributed by atoms with Crippen LogP contribution in [-0.4, -0.2) is 40.5 Å². The van der Waals surface area contributed by atoms with Gasteiger partial charge >= 0.3 is 0 Å². The highest BCUT2D eigenvalue weighted by Gasteiger charge is 2.19. The normalized spacial score (nSPS) is 20.9. The minimum atomic E-state index is 0.782. The molecule has 2 heterocycles. The Balaban J connectivity index is 1.77. The number of likely N-dealkylation sites (tertiary alicyclic amines) is 1. The van der Waals surface area contributed by atoms with E-state index in [0.717, 1.165) is 30.6 Å². The van der Waals surface area contributed by atoms with E-state index in [0.29, 0.717) is 0 Å². The highest BCUT2D eigenvalue weighted by atomic mass is 15.2. The van der Waals surface area contributed by atoms with E-state index in [4.69, 9.17) is 0 Å². The Kier molecular flexibility index (Phi) is 4.93. The predicted octanol–water partition coefficient (Wildman–Crippen LogP) is 2.46. The van der Waals surface area contributed by atoms with Crippen LogP contribution in [0.15, 0.2) is 12.4 Å². The molecule has 1 aromatic rings. The second-order valence-electron chi connectivity index (χ2n) is 5.07. The van der Waals surface area contributed by atoms with Crippen molar-refractivity contribution < 1.29 is 0 Å². The summed E-state index contributed by atoms with van der Waals surface area (Å²) in [5.41, 5.74) is 0.962. The third-order valence-electron chi connectivity index (χ3n) is 3.68. The highest BCUT2D eigenvalue weighted by molar-refractivity contribution is 5.31. The number of aromatic nitrogens is 2. The third kappa shape index (κ3) is 3.67. The number of rotatable bonds is 5. The van der Waals surface area contributed by atoms with Crippen molar-refractivity contribution in [3.63, 3.8) is 0 Å². The quantitative estimate of drug-likeness (QED) is 0.869. The molecule has 0 saturated carbocycles. The van der Waals surface area contributed by atoms with Crippen LogP contribution in [-0.2, 0) is 0 Å². The summed E-state index contributed by atoms with van der Waals surface area (Å²) in [6.45, 7) is 7.57. The molecule has 1 aromatic heterocycles. The average Bonchev–Trinajstić information content (AvgIpc) is 2.39. The molecule has 1 aliphatic rings. The molecule has 1 atom stereocenters. The third-order valence-corrected chi connectivity index (χ3v) is 3.68. The summed E-state index contributed by atoms with van der Waals surface area (Å²) >= 11 is 0. The summed E-state index contributed by atoms with van der Waals surface area (Å²) in [6.07, 6.45) is 8.95. The van der Waals surface area contributed by atoms with E-state index in [-0.39, 0.29) is 0 Å². The van der Waals surface area contributed by atoms with Gasteiger partial charge in [-0.3, -0.25) is 9.88 Å². The van der Waals surface area contributed by atoms with Crippen LogP contribution in [0.5, 0.6) is 0 Å². The molecule has 0 amide bonds. The van der Waals surface area contributed by atoms with Crippen LogP contribution < -0.4 is 5.32 Å². The second-order valence-corrected chi connectivity index (χ2v) is 5.07. The fourth-order valence-electron chi connectivity index (χ4n) is 2.69. The van der Waals surface area contributed by atoms with E-state index in [1.165, 1.54) is 32.2 Å². The molecule has 100 valence electrons. The SMILES string of the molecule is CCC1CCCCN1CCNc1cncc(C)n1. The maximum Gasteiger partial charge on any atom is 0.144 e. The van der Waals surface area contributed by atoms with E-state index >= 15 is 0 Å². The van der Waals surface area contributed by atoms with Gasteiger partial charge in [0, 0.05) is 25.3 Å². The average molecular weight is 248 g/mol. The zero-order valence-electron chi connectivity index (χ0n) is 11.5. The molecule has 0 spiro atoms. The Hall–Kier alpha value is -1.16. The minimum Gasteiger partial charge on any atom is -0.368 e.